The molecule has 2 N–H and O–H groups in total. The van der Waals surface area contributed by atoms with Crippen LogP contribution in [0.4, 0.5) is 0 Å². The Labute approximate surface area is 462 Å². The summed E-state index contributed by atoms with van der Waals surface area (Å²) in [6.07, 6.45) is -15.7. The van der Waals surface area contributed by atoms with Gasteiger partial charge in [0.15, 0.2) is 54.9 Å². The van der Waals surface area contributed by atoms with Crippen molar-refractivity contribution in [2.45, 2.75) is 152 Å². The van der Waals surface area contributed by atoms with Crippen LogP contribution in [0.25, 0.3) is 0 Å². The van der Waals surface area contributed by atoms with Crippen LogP contribution in [0.15, 0.2) is 31.5 Å². The maximum absolute atomic E-state index is 14.1. The van der Waals surface area contributed by atoms with E-state index >= 15 is 0 Å². The molecule has 0 saturated carbocycles. The Balaban J connectivity index is 2.07. The first kappa shape index (κ1) is 66.2. The van der Waals surface area contributed by atoms with Crippen LogP contribution in [-0.2, 0) is 100 Å². The van der Waals surface area contributed by atoms with Gasteiger partial charge in [-0.3, -0.25) is 57.5 Å². The smallest absolute Gasteiger partial charge is 0.341 e. The molecule has 29 heteroatoms. The Kier molecular flexibility index (Phi) is 24.8. The van der Waals surface area contributed by atoms with Gasteiger partial charge in [-0.1, -0.05) is 0 Å². The topological polar surface area (TPSA) is 387 Å². The number of hydrogen-bond acceptors (Lipinski definition) is 27. The maximum Gasteiger partial charge on any atom is 0.341 e. The van der Waals surface area contributed by atoms with Crippen molar-refractivity contribution in [1.82, 2.24) is 10.6 Å². The Morgan fingerprint density at radius 1 is 0.383 bits per heavy atom. The maximum atomic E-state index is 14.1. The fourth-order valence-corrected chi connectivity index (χ4v) is 7.83. The van der Waals surface area contributed by atoms with Crippen LogP contribution < -0.4 is 10.6 Å². The lowest BCUT2D eigenvalue weighted by Gasteiger charge is -2.31. The average Bonchev–Trinajstić information content (AvgIpc) is 4.05. The lowest BCUT2D eigenvalue weighted by atomic mass is 10.0. The second kappa shape index (κ2) is 30.4. The van der Waals surface area contributed by atoms with E-state index in [0.29, 0.717) is 0 Å². The summed E-state index contributed by atoms with van der Waals surface area (Å²) >= 11 is 0. The first-order chi connectivity index (χ1) is 37.8. The molecule has 3 aromatic heterocycles. The molecular weight excluding hydrogens is 1080 g/mol. The first-order valence-electron chi connectivity index (χ1n) is 24.6. The molecular formula is C52H64N2O27. The molecule has 3 heterocycles. The molecule has 0 aliphatic heterocycles. The molecule has 0 aromatic carbocycles. The summed E-state index contributed by atoms with van der Waals surface area (Å²) in [5.74, 6) is -13.6. The second-order valence-electron chi connectivity index (χ2n) is 17.6. The van der Waals surface area contributed by atoms with Crippen LogP contribution in [0.2, 0.25) is 0 Å². The summed E-state index contributed by atoms with van der Waals surface area (Å²) in [5, 5.41) is 5.00. The number of ether oxygens (including phenoxy) is 11. The molecule has 0 spiro atoms. The molecule has 29 nitrogen and oxygen atoms in total. The zero-order valence-corrected chi connectivity index (χ0v) is 46.8. The molecule has 0 bridgehead atoms. The van der Waals surface area contributed by atoms with Gasteiger partial charge in [0.25, 0.3) is 11.8 Å². The van der Waals surface area contributed by atoms with E-state index in [4.69, 9.17) is 65.4 Å². The predicted molar refractivity (Wildman–Crippen MR) is 264 cm³/mol. The third-order valence-corrected chi connectivity index (χ3v) is 10.7. The fourth-order valence-electron chi connectivity index (χ4n) is 7.83. The molecule has 2 amide bonds. The van der Waals surface area contributed by atoms with Crippen molar-refractivity contribution >= 4 is 77.5 Å². The van der Waals surface area contributed by atoms with Gasteiger partial charge in [0.1, 0.15) is 46.7 Å². The zero-order valence-electron chi connectivity index (χ0n) is 46.8. The first-order valence-corrected chi connectivity index (χ1v) is 24.6. The largest absolute Gasteiger partial charge is 0.462 e. The van der Waals surface area contributed by atoms with Crippen molar-refractivity contribution in [3.8, 4) is 0 Å². The summed E-state index contributed by atoms with van der Waals surface area (Å²) in [4.78, 5) is 165. The third-order valence-electron chi connectivity index (χ3n) is 10.7. The van der Waals surface area contributed by atoms with Crippen LogP contribution in [0.1, 0.15) is 160 Å². The van der Waals surface area contributed by atoms with Crippen LogP contribution in [0.3, 0.4) is 0 Å². The van der Waals surface area contributed by atoms with E-state index in [2.05, 4.69) is 10.6 Å². The van der Waals surface area contributed by atoms with E-state index in [9.17, 15) is 62.3 Å². The summed E-state index contributed by atoms with van der Waals surface area (Å²) in [7, 11) is 0. The Bertz CT molecular complexity index is 2830. The molecule has 0 saturated heterocycles. The lowest BCUT2D eigenvalue weighted by Crippen LogP contribution is -2.47. The summed E-state index contributed by atoms with van der Waals surface area (Å²) in [6.45, 7) is 13.4. The summed E-state index contributed by atoms with van der Waals surface area (Å²) in [5.41, 5.74) is -0.637. The number of amides is 2. The number of hydrogen-bond donors (Lipinski definition) is 2. The minimum absolute atomic E-state index is 0.00326. The average molecular weight is 1150 g/mol. The van der Waals surface area contributed by atoms with Crippen LogP contribution in [0, 0.1) is 20.8 Å². The molecule has 0 fully saturated rings. The highest BCUT2D eigenvalue weighted by Gasteiger charge is 2.45. The molecule has 0 aliphatic rings. The Morgan fingerprint density at radius 2 is 0.667 bits per heavy atom. The minimum Gasteiger partial charge on any atom is -0.462 e. The number of rotatable bonds is 28. The highest BCUT2D eigenvalue weighted by Crippen LogP contribution is 2.35. The predicted octanol–water partition coefficient (Wildman–Crippen LogP) is 3.39. The van der Waals surface area contributed by atoms with Crippen molar-refractivity contribution in [1.29, 1.82) is 0 Å². The van der Waals surface area contributed by atoms with Gasteiger partial charge >= 0.3 is 65.7 Å². The van der Waals surface area contributed by atoms with E-state index in [1.807, 2.05) is 0 Å². The van der Waals surface area contributed by atoms with Gasteiger partial charge in [0, 0.05) is 69.2 Å². The molecule has 444 valence electrons. The fraction of sp³-hybridized carbons (Fsp3) is 0.519. The number of aryl methyl sites for hydroxylation is 3. The standard InChI is InChI=1S/C52H64N2O27/c1-15-68-52(67)37-18-40(72-24(37)4)45(77-30(10)60)48(80-33(13)63)42(74-27(7)57)20-54-50(65)35-16-38(70-22(35)2)44(76-29(9)59)47(79-32(12)62)41(73-26(6)56)19-53-51(66)36-17-39(71-23(36)3)46(78-31(11)61)49(81-34(14)64)43(75-28(8)58)21-69-25(5)55/h16-18,41-49H,15,19-21H2,1-14H3,(H,53,66)(H,54,65)/t41-,42-,43-,44-,45-,46-,47-,48-,49-/m1/s1. The summed E-state index contributed by atoms with van der Waals surface area (Å²) < 4.78 is 76.8. The number of esters is 11. The van der Waals surface area contributed by atoms with Crippen LogP contribution in [-0.4, -0.2) is 140 Å². The van der Waals surface area contributed by atoms with Gasteiger partial charge in [-0.05, 0) is 45.9 Å². The van der Waals surface area contributed by atoms with Gasteiger partial charge in [-0.15, -0.1) is 0 Å². The lowest BCUT2D eigenvalue weighted by molar-refractivity contribution is -0.191. The number of carbonyl (C=O) groups excluding carboxylic acids is 13. The van der Waals surface area contributed by atoms with Crippen molar-refractivity contribution in [2.24, 2.45) is 0 Å². The Hall–Kier alpha value is -9.05. The minimum atomic E-state index is -1.88. The van der Waals surface area contributed by atoms with Crippen LogP contribution in [0.5, 0.6) is 0 Å². The third kappa shape index (κ3) is 20.3. The number of carbonyl (C=O) groups is 13. The van der Waals surface area contributed by atoms with Crippen molar-refractivity contribution in [3.63, 3.8) is 0 Å². The van der Waals surface area contributed by atoms with E-state index in [1.54, 1.807) is 6.92 Å². The Morgan fingerprint density at radius 3 is 0.963 bits per heavy atom. The van der Waals surface area contributed by atoms with E-state index in [0.717, 1.165) is 81.4 Å². The number of furan rings is 3. The highest BCUT2D eigenvalue weighted by atomic mass is 16.6. The van der Waals surface area contributed by atoms with E-state index in [1.165, 1.54) is 26.8 Å². The second-order valence-corrected chi connectivity index (χ2v) is 17.6. The molecule has 0 unspecified atom stereocenters. The van der Waals surface area contributed by atoms with E-state index in [-0.39, 0.29) is 52.1 Å². The van der Waals surface area contributed by atoms with Gasteiger partial charge in [0.05, 0.1) is 30.8 Å². The molecule has 3 rings (SSSR count). The number of nitrogens with one attached hydrogen (secondary N) is 2. The molecule has 3 aromatic rings. The quantitative estimate of drug-likeness (QED) is 0.0777. The monoisotopic (exact) mass is 1150 g/mol. The van der Waals surface area contributed by atoms with Gasteiger partial charge < -0.3 is 76.0 Å². The van der Waals surface area contributed by atoms with E-state index < -0.39 is 158 Å². The highest BCUT2D eigenvalue weighted by molar-refractivity contribution is 5.96. The van der Waals surface area contributed by atoms with Crippen molar-refractivity contribution in [2.75, 3.05) is 26.3 Å². The molecule has 0 radical (unpaired) electrons. The van der Waals surface area contributed by atoms with Gasteiger partial charge in [-0.25, -0.2) is 4.79 Å². The summed E-state index contributed by atoms with van der Waals surface area (Å²) in [6, 6.07) is 3.31. The van der Waals surface area contributed by atoms with Gasteiger partial charge in [0.2, 0.25) is 0 Å². The van der Waals surface area contributed by atoms with Crippen molar-refractivity contribution in [3.05, 3.63) is 69.5 Å². The molecule has 81 heavy (non-hydrogen) atoms. The normalized spacial score (nSPS) is 14.2. The van der Waals surface area contributed by atoms with Crippen molar-refractivity contribution < 1.29 is 128 Å². The van der Waals surface area contributed by atoms with Gasteiger partial charge in [-0.2, -0.15) is 0 Å². The van der Waals surface area contributed by atoms with Crippen LogP contribution >= 0.6 is 0 Å². The molecule has 9 atom stereocenters. The zero-order chi connectivity index (χ0) is 61.2. The SMILES string of the molecule is CCOC(=O)c1cc([C@@H](OC(C)=O)[C@H](OC(C)=O)[C@@H](CNC(=O)c2cc([C@@H](OC(C)=O)[C@H](OC(C)=O)[C@@H](CNC(=O)c3cc([C@@H](OC(C)=O)[C@H](OC(C)=O)[C@@H](COC(C)=O)OC(C)=O)oc3C)OC(C)=O)oc2C)OC(C)=O)oc1C. The molecule has 0 aliphatic carbocycles.